The van der Waals surface area contributed by atoms with E-state index in [-0.39, 0.29) is 30.0 Å². The third-order valence-corrected chi connectivity index (χ3v) is 9.28. The predicted octanol–water partition coefficient (Wildman–Crippen LogP) is 8.88. The predicted molar refractivity (Wildman–Crippen MR) is 179 cm³/mol. The van der Waals surface area contributed by atoms with Gasteiger partial charge in [0.05, 0.1) is 0 Å². The van der Waals surface area contributed by atoms with E-state index in [9.17, 15) is 9.59 Å². The molecule has 46 heavy (non-hydrogen) atoms. The lowest BCUT2D eigenvalue weighted by atomic mass is 10.1. The summed E-state index contributed by atoms with van der Waals surface area (Å²) in [5, 5.41) is 7.82. The second-order valence-corrected chi connectivity index (χ2v) is 13.4. The summed E-state index contributed by atoms with van der Waals surface area (Å²) in [7, 11) is 0. The van der Waals surface area contributed by atoms with E-state index in [2.05, 4.69) is 18.8 Å². The van der Waals surface area contributed by atoms with Crippen LogP contribution in [-0.4, -0.2) is 46.4 Å². The van der Waals surface area contributed by atoms with Gasteiger partial charge in [-0.15, -0.1) is 0 Å². The molecule has 0 amide bonds. The van der Waals surface area contributed by atoms with E-state index in [0.29, 0.717) is 12.8 Å². The van der Waals surface area contributed by atoms with Crippen molar-refractivity contribution in [3.8, 4) is 6.01 Å². The summed E-state index contributed by atoms with van der Waals surface area (Å²) in [6, 6.07) is 1.83. The van der Waals surface area contributed by atoms with Crippen LogP contribution in [0.3, 0.4) is 0 Å². The number of nitrogens with zero attached hydrogens (tertiary/aromatic N) is 2. The minimum atomic E-state index is -0.726. The highest BCUT2D eigenvalue weighted by atomic mass is 16.7. The van der Waals surface area contributed by atoms with Crippen molar-refractivity contribution < 1.29 is 28.5 Å². The van der Waals surface area contributed by atoms with E-state index in [1.165, 1.54) is 103 Å². The van der Waals surface area contributed by atoms with Gasteiger partial charge in [0.1, 0.15) is 12.7 Å². The molecule has 0 aromatic carbocycles. The lowest BCUT2D eigenvalue weighted by molar-refractivity contribution is -0.160. The van der Waals surface area contributed by atoms with Crippen LogP contribution in [0.15, 0.2) is 12.3 Å². The van der Waals surface area contributed by atoms with Crippen molar-refractivity contribution in [3.05, 3.63) is 17.8 Å². The van der Waals surface area contributed by atoms with E-state index in [4.69, 9.17) is 24.4 Å². The highest BCUT2D eigenvalue weighted by molar-refractivity contribution is 5.70. The topological polar surface area (TPSA) is 113 Å². The molecule has 0 saturated carbocycles. The Hall–Kier alpha value is -2.42. The fourth-order valence-electron chi connectivity index (χ4n) is 6.47. The van der Waals surface area contributed by atoms with Crippen molar-refractivity contribution in [2.24, 2.45) is 0 Å². The monoisotopic (exact) mass is 645 g/mol. The summed E-state index contributed by atoms with van der Waals surface area (Å²) >= 11 is 0. The second-order valence-electron chi connectivity index (χ2n) is 13.4. The molecular weight excluding hydrogens is 582 g/mol. The highest BCUT2D eigenvalue weighted by Crippen LogP contribution is 2.40. The number of carbonyl (C=O) groups excluding carboxylic acids is 2. The molecule has 2 aliphatic heterocycles. The van der Waals surface area contributed by atoms with Gasteiger partial charge in [-0.1, -0.05) is 142 Å². The molecule has 2 aliphatic rings. The van der Waals surface area contributed by atoms with Crippen molar-refractivity contribution in [2.45, 2.75) is 192 Å². The number of unbranched alkanes of at least 4 members (excludes halogenated alkanes) is 20. The zero-order chi connectivity index (χ0) is 32.8. The molecule has 9 heteroatoms. The average molecular weight is 646 g/mol. The van der Waals surface area contributed by atoms with Gasteiger partial charge >= 0.3 is 17.9 Å². The molecule has 1 saturated heterocycles. The van der Waals surface area contributed by atoms with Gasteiger partial charge in [0.25, 0.3) is 0 Å². The number of ether oxygens (including phenoxy) is 4. The minimum absolute atomic E-state index is 0.00344. The van der Waals surface area contributed by atoms with Crippen molar-refractivity contribution >= 4 is 11.9 Å². The third kappa shape index (κ3) is 14.1. The Balaban J connectivity index is 1.35. The summed E-state index contributed by atoms with van der Waals surface area (Å²) in [4.78, 5) is 29.6. The summed E-state index contributed by atoms with van der Waals surface area (Å²) in [6.45, 7) is 4.50. The van der Waals surface area contributed by atoms with Gasteiger partial charge in [0.15, 0.2) is 23.9 Å². The van der Waals surface area contributed by atoms with Crippen LogP contribution in [0.2, 0.25) is 0 Å². The van der Waals surface area contributed by atoms with Crippen molar-refractivity contribution in [3.63, 3.8) is 0 Å². The van der Waals surface area contributed by atoms with Crippen LogP contribution in [0.1, 0.15) is 174 Å². The molecule has 1 N–H and O–H groups in total. The molecule has 3 rings (SSSR count). The molecule has 0 unspecified atom stereocenters. The van der Waals surface area contributed by atoms with Gasteiger partial charge in [-0.2, -0.15) is 4.98 Å². The average Bonchev–Trinajstić information content (AvgIpc) is 3.56. The second kappa shape index (κ2) is 23.0. The number of hydrogen-bond donors (Lipinski definition) is 1. The van der Waals surface area contributed by atoms with Gasteiger partial charge in [0.2, 0.25) is 0 Å². The van der Waals surface area contributed by atoms with E-state index in [1.54, 1.807) is 16.8 Å². The van der Waals surface area contributed by atoms with E-state index < -0.39 is 24.5 Å². The molecular formula is C37H63N3O6. The standard InChI is InChI=1S/C37H63N3O6/c1-3-5-7-9-11-13-15-17-19-21-23-25-32(41)43-29-30-34(35-36(44-30)40-28-27-31(38)39-37(40)46-35)45-33(42)26-24-22-20-18-16-14-12-10-8-6-4-2/h27-28,30,34-36,38H,3-26,29H2,1-2H3/t30-,34-,35+,36-/m1/s1. The molecule has 1 aromatic rings. The van der Waals surface area contributed by atoms with Crippen molar-refractivity contribution in [1.82, 2.24) is 9.55 Å². The fraction of sp³-hybridized carbons (Fsp3) is 0.838. The Kier molecular flexibility index (Phi) is 19.0. The van der Waals surface area contributed by atoms with Crippen LogP contribution in [0.5, 0.6) is 6.01 Å². The number of carbonyl (C=O) groups is 2. The Bertz CT molecular complexity index is 1050. The number of esters is 2. The highest BCUT2D eigenvalue weighted by Gasteiger charge is 2.54. The molecule has 0 aliphatic carbocycles. The maximum absolute atomic E-state index is 12.9. The van der Waals surface area contributed by atoms with Crippen molar-refractivity contribution in [2.75, 3.05) is 6.61 Å². The number of hydrogen-bond acceptors (Lipinski definition) is 8. The van der Waals surface area contributed by atoms with Gasteiger partial charge in [0, 0.05) is 19.0 Å². The van der Waals surface area contributed by atoms with Crippen LogP contribution in [0, 0.1) is 5.41 Å². The molecule has 4 atom stereocenters. The molecule has 262 valence electrons. The van der Waals surface area contributed by atoms with Crippen LogP contribution in [0.4, 0.5) is 0 Å². The molecule has 3 heterocycles. The maximum atomic E-state index is 12.9. The first-order chi connectivity index (χ1) is 22.5. The Morgan fingerprint density at radius 1 is 0.739 bits per heavy atom. The lowest BCUT2D eigenvalue weighted by Gasteiger charge is -2.22. The van der Waals surface area contributed by atoms with Gasteiger partial charge in [-0.3, -0.25) is 19.6 Å². The number of aromatic nitrogens is 2. The summed E-state index contributed by atoms with van der Waals surface area (Å²) in [5.74, 6) is -0.543. The molecule has 0 radical (unpaired) electrons. The van der Waals surface area contributed by atoms with E-state index in [0.717, 1.165) is 38.5 Å². The first-order valence-corrected chi connectivity index (χ1v) is 18.8. The summed E-state index contributed by atoms with van der Waals surface area (Å²) in [6.07, 6.45) is 26.8. The quantitative estimate of drug-likeness (QED) is 0.0751. The summed E-state index contributed by atoms with van der Waals surface area (Å²) < 4.78 is 25.5. The Morgan fingerprint density at radius 3 is 1.74 bits per heavy atom. The third-order valence-electron chi connectivity index (χ3n) is 9.28. The first kappa shape index (κ1) is 38.0. The molecule has 0 bridgehead atoms. The first-order valence-electron chi connectivity index (χ1n) is 18.8. The van der Waals surface area contributed by atoms with Crippen LogP contribution in [0.25, 0.3) is 0 Å². The Labute approximate surface area is 278 Å². The number of nitrogens with one attached hydrogen (secondary N) is 1. The van der Waals surface area contributed by atoms with Gasteiger partial charge in [-0.05, 0) is 18.9 Å². The zero-order valence-electron chi connectivity index (χ0n) is 29.0. The van der Waals surface area contributed by atoms with Crippen LogP contribution < -0.4 is 10.2 Å². The largest absolute Gasteiger partial charge is 0.463 e. The van der Waals surface area contributed by atoms with Gasteiger partial charge < -0.3 is 18.9 Å². The molecule has 1 aromatic heterocycles. The lowest BCUT2D eigenvalue weighted by Crippen LogP contribution is -2.40. The molecule has 1 fully saturated rings. The number of fused-ring (bicyclic) bond motifs is 3. The smallest absolute Gasteiger partial charge is 0.306 e. The minimum Gasteiger partial charge on any atom is -0.463 e. The van der Waals surface area contributed by atoms with Crippen LogP contribution >= 0.6 is 0 Å². The molecule has 9 nitrogen and oxygen atoms in total. The van der Waals surface area contributed by atoms with Crippen molar-refractivity contribution in [1.29, 1.82) is 5.41 Å². The van der Waals surface area contributed by atoms with E-state index >= 15 is 0 Å². The fourth-order valence-corrected chi connectivity index (χ4v) is 6.47. The SMILES string of the molecule is CCCCCCCCCCCCCC(=O)OC[C@H]1O[C@@H]2[C@@H](Oc3nc(=N)ccn32)[C@@H]1OC(=O)CCCCCCCCCCCCC. The molecule has 0 spiro atoms. The maximum Gasteiger partial charge on any atom is 0.306 e. The van der Waals surface area contributed by atoms with Crippen LogP contribution in [-0.2, 0) is 23.8 Å². The van der Waals surface area contributed by atoms with Gasteiger partial charge in [-0.25, -0.2) is 0 Å². The normalized spacial score (nSPS) is 19.9. The Morgan fingerprint density at radius 2 is 1.22 bits per heavy atom. The summed E-state index contributed by atoms with van der Waals surface area (Å²) in [5.41, 5.74) is 0.0872. The number of rotatable bonds is 27. The van der Waals surface area contributed by atoms with E-state index in [1.807, 2.05) is 0 Å². The zero-order valence-corrected chi connectivity index (χ0v) is 29.0.